The molecule has 0 aromatic heterocycles. The SMILES string of the molecule is CC(C)(C)c1cccc(-c2cc(-c3cc4c5c(c3)N(c3ccccc3)c3ccc(C(C)(C)C)cc3B5c3cc(C(C)(C)C)ccc3N4c3ccccc3)cc(-c3c4ccccc4c(-c4ccccc4)c4ccccc34)c2)c1. The van der Waals surface area contributed by atoms with Gasteiger partial charge in [-0.15, -0.1) is 0 Å². The highest BCUT2D eigenvalue weighted by atomic mass is 15.2. The van der Waals surface area contributed by atoms with Gasteiger partial charge in [0.05, 0.1) is 0 Å². The van der Waals surface area contributed by atoms with Crippen molar-refractivity contribution in [2.45, 2.75) is 78.6 Å². The van der Waals surface area contributed by atoms with Crippen molar-refractivity contribution >= 4 is 78.8 Å². The van der Waals surface area contributed by atoms with E-state index in [0.717, 1.165) is 16.9 Å². The predicted molar refractivity (Wildman–Crippen MR) is 333 cm³/mol. The summed E-state index contributed by atoms with van der Waals surface area (Å²) >= 11 is 0. The molecule has 2 heterocycles. The van der Waals surface area contributed by atoms with Crippen LogP contribution in [-0.4, -0.2) is 6.71 Å². The summed E-state index contributed by atoms with van der Waals surface area (Å²) in [5.41, 5.74) is 24.6. The molecule has 0 amide bonds. The van der Waals surface area contributed by atoms with Gasteiger partial charge in [0, 0.05) is 34.1 Å². The molecule has 374 valence electrons. The van der Waals surface area contributed by atoms with Crippen molar-refractivity contribution < 1.29 is 0 Å². The number of nitrogens with zero attached hydrogens (tertiary/aromatic N) is 2. The van der Waals surface area contributed by atoms with Crippen LogP contribution < -0.4 is 26.2 Å². The molecule has 0 bridgehead atoms. The first-order chi connectivity index (χ1) is 37.1. The van der Waals surface area contributed by atoms with Gasteiger partial charge >= 0.3 is 0 Å². The number of anilines is 6. The summed E-state index contributed by atoms with van der Waals surface area (Å²) in [6.45, 7) is 21.0. The number of rotatable bonds is 6. The molecule has 0 unspecified atom stereocenters. The Morgan fingerprint density at radius 3 is 1.09 bits per heavy atom. The summed E-state index contributed by atoms with van der Waals surface area (Å²) in [4.78, 5) is 5.12. The van der Waals surface area contributed by atoms with Gasteiger partial charge in [0.25, 0.3) is 6.71 Å². The molecule has 0 spiro atoms. The van der Waals surface area contributed by atoms with Crippen LogP contribution in [0.1, 0.15) is 79.0 Å². The van der Waals surface area contributed by atoms with Crippen LogP contribution in [0.2, 0.25) is 0 Å². The zero-order valence-corrected chi connectivity index (χ0v) is 45.9. The zero-order valence-electron chi connectivity index (χ0n) is 45.9. The van der Waals surface area contributed by atoms with Crippen LogP contribution in [0, 0.1) is 0 Å². The minimum absolute atomic E-state index is 0.0218. The zero-order chi connectivity index (χ0) is 53.0. The predicted octanol–water partition coefficient (Wildman–Crippen LogP) is 18.6. The smallest absolute Gasteiger partial charge is 0.252 e. The number of hydrogen-bond donors (Lipinski definition) is 0. The molecule has 2 aliphatic heterocycles. The summed E-state index contributed by atoms with van der Waals surface area (Å²) < 4.78 is 0. The van der Waals surface area contributed by atoms with Crippen LogP contribution in [0.15, 0.2) is 231 Å². The molecule has 3 heteroatoms. The monoisotopic (exact) mass is 993 g/mol. The van der Waals surface area contributed by atoms with Gasteiger partial charge in [-0.3, -0.25) is 0 Å². The first-order valence-electron chi connectivity index (χ1n) is 27.5. The molecule has 0 radical (unpaired) electrons. The number of para-hydroxylation sites is 2. The van der Waals surface area contributed by atoms with Gasteiger partial charge in [0.1, 0.15) is 0 Å². The molecule has 0 fully saturated rings. The van der Waals surface area contributed by atoms with Crippen molar-refractivity contribution in [1.82, 2.24) is 0 Å². The van der Waals surface area contributed by atoms with E-state index in [1.54, 1.807) is 0 Å². The van der Waals surface area contributed by atoms with E-state index in [2.05, 4.69) is 303 Å². The van der Waals surface area contributed by atoms with E-state index >= 15 is 0 Å². The Labute approximate surface area is 456 Å². The lowest BCUT2D eigenvalue weighted by molar-refractivity contribution is 0.590. The quantitative estimate of drug-likeness (QED) is 0.121. The second-order valence-electron chi connectivity index (χ2n) is 24.6. The Morgan fingerprint density at radius 2 is 0.636 bits per heavy atom. The Kier molecular flexibility index (Phi) is 11.4. The fourth-order valence-electron chi connectivity index (χ4n) is 12.4. The van der Waals surface area contributed by atoms with Crippen molar-refractivity contribution in [2.75, 3.05) is 9.80 Å². The second-order valence-corrected chi connectivity index (χ2v) is 24.6. The fourth-order valence-corrected chi connectivity index (χ4v) is 12.4. The van der Waals surface area contributed by atoms with E-state index in [1.165, 1.54) is 116 Å². The lowest BCUT2D eigenvalue weighted by Crippen LogP contribution is -2.61. The lowest BCUT2D eigenvalue weighted by Gasteiger charge is -2.45. The largest absolute Gasteiger partial charge is 0.311 e. The highest BCUT2D eigenvalue weighted by Crippen LogP contribution is 2.50. The van der Waals surface area contributed by atoms with Gasteiger partial charge < -0.3 is 9.80 Å². The highest BCUT2D eigenvalue weighted by Gasteiger charge is 2.44. The molecule has 77 heavy (non-hydrogen) atoms. The van der Waals surface area contributed by atoms with Crippen LogP contribution in [0.5, 0.6) is 0 Å². The molecule has 13 rings (SSSR count). The number of benzene rings is 11. The average molecular weight is 993 g/mol. The van der Waals surface area contributed by atoms with E-state index < -0.39 is 0 Å². The van der Waals surface area contributed by atoms with Gasteiger partial charge in [-0.25, -0.2) is 0 Å². The Balaban J connectivity index is 1.15. The normalized spacial score (nSPS) is 13.2. The van der Waals surface area contributed by atoms with Gasteiger partial charge in [0.15, 0.2) is 0 Å². The molecule has 2 aliphatic rings. The average Bonchev–Trinajstić information content (AvgIpc) is 3.52. The maximum atomic E-state index is 2.56. The van der Waals surface area contributed by atoms with Crippen molar-refractivity contribution in [3.8, 4) is 44.5 Å². The first kappa shape index (κ1) is 48.3. The van der Waals surface area contributed by atoms with Crippen LogP contribution >= 0.6 is 0 Å². The van der Waals surface area contributed by atoms with Crippen LogP contribution in [0.3, 0.4) is 0 Å². The molecule has 11 aromatic rings. The van der Waals surface area contributed by atoms with E-state index in [-0.39, 0.29) is 23.0 Å². The summed E-state index contributed by atoms with van der Waals surface area (Å²) in [6.07, 6.45) is 0. The van der Waals surface area contributed by atoms with Crippen LogP contribution in [0.4, 0.5) is 34.1 Å². The first-order valence-corrected chi connectivity index (χ1v) is 27.5. The van der Waals surface area contributed by atoms with Crippen molar-refractivity contribution in [3.05, 3.63) is 247 Å². The molecule has 0 saturated carbocycles. The summed E-state index contributed by atoms with van der Waals surface area (Å²) in [5, 5.41) is 4.97. The minimum Gasteiger partial charge on any atom is -0.311 e. The van der Waals surface area contributed by atoms with E-state index in [4.69, 9.17) is 0 Å². The molecule has 0 N–H and O–H groups in total. The van der Waals surface area contributed by atoms with Gasteiger partial charge in [-0.05, 0) is 182 Å². The molecule has 11 aromatic carbocycles. The number of hydrogen-bond acceptors (Lipinski definition) is 2. The Bertz CT molecular complexity index is 3910. The number of fused-ring (bicyclic) bond motifs is 6. The standard InChI is InChI=1S/C74H65BN2/c1-72(2,3)54-27-23-26-49(43-54)50-40-51(42-53(41-50)70-61-34-21-19-32-59(61)69(48-24-13-10-14-25-48)60-33-20-22-35-62(60)70)52-44-67-71-68(45-52)77(58-30-17-12-18-31-58)66-39-37-56(74(7,8)9)47-64(66)75(71)63-46-55(73(4,5)6)36-38-65(63)76(67)57-28-15-11-16-29-57/h10-47H,1-9H3. The maximum absolute atomic E-state index is 2.56. The van der Waals surface area contributed by atoms with E-state index in [1.807, 2.05) is 0 Å². The molecular weight excluding hydrogens is 928 g/mol. The third-order valence-electron chi connectivity index (χ3n) is 16.4. The van der Waals surface area contributed by atoms with E-state index in [0.29, 0.717) is 0 Å². The van der Waals surface area contributed by atoms with E-state index in [9.17, 15) is 0 Å². The topological polar surface area (TPSA) is 6.48 Å². The van der Waals surface area contributed by atoms with Crippen molar-refractivity contribution in [1.29, 1.82) is 0 Å². The molecule has 2 nitrogen and oxygen atoms in total. The minimum atomic E-state index is -0.0476. The van der Waals surface area contributed by atoms with Crippen molar-refractivity contribution in [2.24, 2.45) is 0 Å². The Morgan fingerprint density at radius 1 is 0.273 bits per heavy atom. The highest BCUT2D eigenvalue weighted by molar-refractivity contribution is 7.00. The summed E-state index contributed by atoms with van der Waals surface area (Å²) in [5.74, 6) is 0. The second kappa shape index (κ2) is 18.1. The van der Waals surface area contributed by atoms with Gasteiger partial charge in [-0.2, -0.15) is 0 Å². The van der Waals surface area contributed by atoms with Crippen molar-refractivity contribution in [3.63, 3.8) is 0 Å². The molecule has 0 atom stereocenters. The van der Waals surface area contributed by atoms with Gasteiger partial charge in [0.2, 0.25) is 0 Å². The summed E-state index contributed by atoms with van der Waals surface area (Å²) in [6, 6.07) is 87.4. The lowest BCUT2D eigenvalue weighted by atomic mass is 9.33. The molecule has 0 saturated heterocycles. The summed E-state index contributed by atoms with van der Waals surface area (Å²) in [7, 11) is 0. The third kappa shape index (κ3) is 8.27. The fraction of sp³-hybridized carbons (Fsp3) is 0.162. The maximum Gasteiger partial charge on any atom is 0.252 e. The molecule has 0 aliphatic carbocycles. The molecular formula is C74H65BN2. The Hall–Kier alpha value is -8.40. The van der Waals surface area contributed by atoms with Crippen LogP contribution in [0.25, 0.3) is 66.1 Å². The van der Waals surface area contributed by atoms with Gasteiger partial charge in [-0.1, -0.05) is 226 Å². The van der Waals surface area contributed by atoms with Crippen LogP contribution in [-0.2, 0) is 16.2 Å². The third-order valence-corrected chi connectivity index (χ3v) is 16.4.